The van der Waals surface area contributed by atoms with Gasteiger partial charge in [-0.2, -0.15) is 0 Å². The van der Waals surface area contributed by atoms with Crippen LogP contribution in [-0.4, -0.2) is 30.7 Å². The molecule has 0 spiro atoms. The van der Waals surface area contributed by atoms with Crippen LogP contribution >= 0.6 is 0 Å². The standard InChI is InChI=1S/C22H22FN3O3/c1-14-13-20(15(2)26(14)19-9-5-16(23)6-10-19)21(27)24-17-7-11-18(12-8-17)25(3)22(28)29-4/h5-13H,1-4H3,(H,24,27). The van der Waals surface area contributed by atoms with E-state index < -0.39 is 6.09 Å². The second kappa shape index (κ2) is 8.18. The molecule has 0 atom stereocenters. The summed E-state index contributed by atoms with van der Waals surface area (Å²) in [5.41, 5.74) is 4.19. The zero-order valence-electron chi connectivity index (χ0n) is 16.7. The van der Waals surface area contributed by atoms with E-state index >= 15 is 0 Å². The molecule has 0 aliphatic rings. The molecule has 1 N–H and O–H groups in total. The molecule has 2 aromatic carbocycles. The van der Waals surface area contributed by atoms with Gasteiger partial charge < -0.3 is 14.6 Å². The fourth-order valence-electron chi connectivity index (χ4n) is 3.19. The molecule has 0 radical (unpaired) electrons. The van der Waals surface area contributed by atoms with Crippen molar-refractivity contribution in [3.05, 3.63) is 77.4 Å². The van der Waals surface area contributed by atoms with Crippen LogP contribution in [0.1, 0.15) is 21.7 Å². The number of methoxy groups -OCH3 is 1. The van der Waals surface area contributed by atoms with Crippen molar-refractivity contribution < 1.29 is 18.7 Å². The molecule has 0 fully saturated rings. The van der Waals surface area contributed by atoms with E-state index in [1.807, 2.05) is 18.4 Å². The summed E-state index contributed by atoms with van der Waals surface area (Å²) in [6.45, 7) is 3.74. The summed E-state index contributed by atoms with van der Waals surface area (Å²) in [4.78, 5) is 25.7. The number of hydrogen-bond donors (Lipinski definition) is 1. The molecule has 0 unspecified atom stereocenters. The van der Waals surface area contributed by atoms with Crippen LogP contribution in [0.25, 0.3) is 5.69 Å². The zero-order valence-corrected chi connectivity index (χ0v) is 16.7. The number of carbonyl (C=O) groups is 2. The molecule has 150 valence electrons. The molecule has 1 heterocycles. The highest BCUT2D eigenvalue weighted by Crippen LogP contribution is 2.23. The Kier molecular flexibility index (Phi) is 5.68. The van der Waals surface area contributed by atoms with Crippen molar-refractivity contribution in [2.45, 2.75) is 13.8 Å². The molecule has 3 rings (SSSR count). The van der Waals surface area contributed by atoms with Gasteiger partial charge in [-0.3, -0.25) is 9.69 Å². The van der Waals surface area contributed by atoms with Gasteiger partial charge in [0, 0.05) is 35.5 Å². The molecule has 6 nitrogen and oxygen atoms in total. The lowest BCUT2D eigenvalue weighted by atomic mass is 10.2. The van der Waals surface area contributed by atoms with E-state index in [1.165, 1.54) is 24.1 Å². The lowest BCUT2D eigenvalue weighted by molar-refractivity contribution is 0.102. The maximum Gasteiger partial charge on any atom is 0.413 e. The number of anilines is 2. The molecule has 0 aliphatic carbocycles. The average molecular weight is 395 g/mol. The normalized spacial score (nSPS) is 10.5. The van der Waals surface area contributed by atoms with E-state index in [-0.39, 0.29) is 11.7 Å². The van der Waals surface area contributed by atoms with Gasteiger partial charge in [-0.05, 0) is 68.4 Å². The van der Waals surface area contributed by atoms with E-state index in [9.17, 15) is 14.0 Å². The van der Waals surface area contributed by atoms with Crippen molar-refractivity contribution in [3.63, 3.8) is 0 Å². The predicted octanol–water partition coefficient (Wildman–Crippen LogP) is 4.69. The van der Waals surface area contributed by atoms with Gasteiger partial charge in [-0.15, -0.1) is 0 Å². The number of carbonyl (C=O) groups excluding carboxylic acids is 2. The summed E-state index contributed by atoms with van der Waals surface area (Å²) >= 11 is 0. The van der Waals surface area contributed by atoms with Crippen LogP contribution in [0, 0.1) is 19.7 Å². The third-order valence-electron chi connectivity index (χ3n) is 4.72. The van der Waals surface area contributed by atoms with Gasteiger partial charge in [0.15, 0.2) is 0 Å². The average Bonchev–Trinajstić information content (AvgIpc) is 3.02. The van der Waals surface area contributed by atoms with Crippen LogP contribution < -0.4 is 10.2 Å². The van der Waals surface area contributed by atoms with Crippen LogP contribution in [-0.2, 0) is 4.74 Å². The Balaban J connectivity index is 1.80. The minimum atomic E-state index is -0.477. The van der Waals surface area contributed by atoms with Gasteiger partial charge in [0.2, 0.25) is 0 Å². The number of ether oxygens (including phenoxy) is 1. The van der Waals surface area contributed by atoms with E-state index in [2.05, 4.69) is 10.1 Å². The van der Waals surface area contributed by atoms with Crippen molar-refractivity contribution >= 4 is 23.4 Å². The molecular weight excluding hydrogens is 373 g/mol. The zero-order chi connectivity index (χ0) is 21.1. The Hall–Kier alpha value is -3.61. The molecule has 3 aromatic rings. The molecule has 0 saturated heterocycles. The van der Waals surface area contributed by atoms with Gasteiger partial charge in [0.25, 0.3) is 5.91 Å². The Morgan fingerprint density at radius 3 is 2.24 bits per heavy atom. The highest BCUT2D eigenvalue weighted by molar-refractivity contribution is 6.05. The first kappa shape index (κ1) is 20.1. The minimum absolute atomic E-state index is 0.250. The highest BCUT2D eigenvalue weighted by Gasteiger charge is 2.17. The molecule has 1 aromatic heterocycles. The first-order valence-electron chi connectivity index (χ1n) is 8.99. The first-order valence-corrected chi connectivity index (χ1v) is 8.99. The summed E-state index contributed by atoms with van der Waals surface area (Å²) < 4.78 is 19.8. The molecule has 2 amide bonds. The monoisotopic (exact) mass is 395 g/mol. The third kappa shape index (κ3) is 4.13. The van der Waals surface area contributed by atoms with E-state index in [0.717, 1.165) is 17.1 Å². The van der Waals surface area contributed by atoms with Crippen LogP contribution in [0.15, 0.2) is 54.6 Å². The van der Waals surface area contributed by atoms with E-state index in [4.69, 9.17) is 0 Å². The number of benzene rings is 2. The molecule has 7 heteroatoms. The van der Waals surface area contributed by atoms with E-state index in [0.29, 0.717) is 16.9 Å². The van der Waals surface area contributed by atoms with Crippen LogP contribution in [0.5, 0.6) is 0 Å². The Bertz CT molecular complexity index is 1040. The summed E-state index contributed by atoms with van der Waals surface area (Å²) in [5.74, 6) is -0.559. The van der Waals surface area contributed by atoms with Crippen molar-refractivity contribution in [2.24, 2.45) is 0 Å². The van der Waals surface area contributed by atoms with Gasteiger partial charge in [-0.1, -0.05) is 0 Å². The topological polar surface area (TPSA) is 63.6 Å². The van der Waals surface area contributed by atoms with Crippen molar-refractivity contribution in [2.75, 3.05) is 24.4 Å². The maximum atomic E-state index is 13.2. The smallest absolute Gasteiger partial charge is 0.413 e. The fraction of sp³-hybridized carbons (Fsp3) is 0.182. The second-order valence-electron chi connectivity index (χ2n) is 6.63. The number of aryl methyl sites for hydroxylation is 1. The number of nitrogens with zero attached hydrogens (tertiary/aromatic N) is 2. The number of nitrogens with one attached hydrogen (secondary N) is 1. The minimum Gasteiger partial charge on any atom is -0.452 e. The van der Waals surface area contributed by atoms with Gasteiger partial charge >= 0.3 is 6.09 Å². The number of aromatic nitrogens is 1. The lowest BCUT2D eigenvalue weighted by Gasteiger charge is -2.16. The molecule has 29 heavy (non-hydrogen) atoms. The Labute approximate surface area is 168 Å². The van der Waals surface area contributed by atoms with Crippen LogP contribution in [0.4, 0.5) is 20.6 Å². The quantitative estimate of drug-likeness (QED) is 0.697. The van der Waals surface area contributed by atoms with Crippen LogP contribution in [0.3, 0.4) is 0 Å². The number of hydrogen-bond acceptors (Lipinski definition) is 3. The molecule has 0 aliphatic heterocycles. The predicted molar refractivity (Wildman–Crippen MR) is 110 cm³/mol. The lowest BCUT2D eigenvalue weighted by Crippen LogP contribution is -2.25. The van der Waals surface area contributed by atoms with Crippen molar-refractivity contribution in [3.8, 4) is 5.69 Å². The largest absolute Gasteiger partial charge is 0.452 e. The summed E-state index contributed by atoms with van der Waals surface area (Å²) in [7, 11) is 2.92. The molecule has 0 saturated carbocycles. The highest BCUT2D eigenvalue weighted by atomic mass is 19.1. The summed E-state index contributed by atoms with van der Waals surface area (Å²) in [6.07, 6.45) is -0.477. The summed E-state index contributed by atoms with van der Waals surface area (Å²) in [5, 5.41) is 2.86. The van der Waals surface area contributed by atoms with Gasteiger partial charge in [-0.25, -0.2) is 9.18 Å². The number of halogens is 1. The SMILES string of the molecule is COC(=O)N(C)c1ccc(NC(=O)c2cc(C)n(-c3ccc(F)cc3)c2C)cc1. The van der Waals surface area contributed by atoms with Crippen molar-refractivity contribution in [1.82, 2.24) is 4.57 Å². The molecular formula is C22H22FN3O3. The Morgan fingerprint density at radius 1 is 1.03 bits per heavy atom. The number of rotatable bonds is 4. The van der Waals surface area contributed by atoms with Crippen LogP contribution in [0.2, 0.25) is 0 Å². The fourth-order valence-corrected chi connectivity index (χ4v) is 3.19. The molecule has 0 bridgehead atoms. The number of amides is 2. The summed E-state index contributed by atoms with van der Waals surface area (Å²) in [6, 6.07) is 14.8. The van der Waals surface area contributed by atoms with Gasteiger partial charge in [0.1, 0.15) is 5.82 Å². The third-order valence-corrected chi connectivity index (χ3v) is 4.72. The van der Waals surface area contributed by atoms with Gasteiger partial charge in [0.05, 0.1) is 12.7 Å². The van der Waals surface area contributed by atoms with E-state index in [1.54, 1.807) is 49.5 Å². The Morgan fingerprint density at radius 2 is 1.66 bits per heavy atom. The first-order chi connectivity index (χ1) is 13.8. The maximum absolute atomic E-state index is 13.2. The second-order valence-corrected chi connectivity index (χ2v) is 6.63. The van der Waals surface area contributed by atoms with Crippen molar-refractivity contribution in [1.29, 1.82) is 0 Å².